The van der Waals surface area contributed by atoms with E-state index in [0.717, 1.165) is 43.3 Å². The number of benzene rings is 1. The van der Waals surface area contributed by atoms with Crippen molar-refractivity contribution in [2.75, 3.05) is 0 Å². The fraction of sp³-hybridized carbons (Fsp3) is 0.607. The molecule has 3 rings (SSSR count). The lowest BCUT2D eigenvalue weighted by atomic mass is 9.85. The molecule has 0 N–H and O–H groups in total. The van der Waals surface area contributed by atoms with Gasteiger partial charge in [0.05, 0.1) is 0 Å². The quantitative estimate of drug-likeness (QED) is 0.212. The monoisotopic (exact) mass is 500 g/mol. The molecule has 0 saturated carbocycles. The topological polar surface area (TPSA) is 44.8 Å². The predicted octanol–water partition coefficient (Wildman–Crippen LogP) is 7.19. The second-order valence-corrected chi connectivity index (χ2v) is 19.6. The van der Waals surface area contributed by atoms with Gasteiger partial charge in [-0.25, -0.2) is 4.79 Å². The summed E-state index contributed by atoms with van der Waals surface area (Å²) in [4.78, 5) is 13.2. The molecule has 1 heterocycles. The Morgan fingerprint density at radius 3 is 2.32 bits per heavy atom. The highest BCUT2D eigenvalue weighted by molar-refractivity contribution is 6.71. The van der Waals surface area contributed by atoms with Gasteiger partial charge in [-0.3, -0.25) is 0 Å². The van der Waals surface area contributed by atoms with E-state index >= 15 is 0 Å². The Labute approximate surface area is 209 Å². The summed E-state index contributed by atoms with van der Waals surface area (Å²) in [5.41, 5.74) is 1.34. The third-order valence-corrected chi connectivity index (χ3v) is 11.8. The molecule has 0 amide bonds. The molecule has 0 radical (unpaired) electrons. The van der Waals surface area contributed by atoms with E-state index < -0.39 is 22.2 Å². The van der Waals surface area contributed by atoms with Crippen molar-refractivity contribution >= 4 is 22.6 Å². The number of unbranched alkanes of at least 4 members (excludes halogenated alkanes) is 2. The molecule has 1 aromatic rings. The molecule has 188 valence electrons. The molecule has 2 bridgehead atoms. The fourth-order valence-electron chi connectivity index (χ4n) is 5.01. The van der Waals surface area contributed by atoms with Gasteiger partial charge in [0, 0.05) is 6.42 Å². The van der Waals surface area contributed by atoms with E-state index in [1.165, 1.54) is 12.0 Å². The normalized spacial score (nSPS) is 25.0. The third kappa shape index (κ3) is 7.03. The smallest absolute Gasteiger partial charge is 0.341 e. The van der Waals surface area contributed by atoms with E-state index in [0.29, 0.717) is 6.42 Å². The van der Waals surface area contributed by atoms with Crippen molar-refractivity contribution < 1.29 is 18.4 Å². The van der Waals surface area contributed by atoms with Gasteiger partial charge in [-0.1, -0.05) is 82.0 Å². The minimum Gasteiger partial charge on any atom is -0.457 e. The van der Waals surface area contributed by atoms with E-state index in [1.807, 2.05) is 6.07 Å². The van der Waals surface area contributed by atoms with Crippen LogP contribution in [0.2, 0.25) is 38.3 Å². The first-order valence-electron chi connectivity index (χ1n) is 13.1. The number of rotatable bonds is 13. The first-order valence-corrected chi connectivity index (χ1v) is 19.3. The van der Waals surface area contributed by atoms with Gasteiger partial charge in [-0.05, 0) is 61.9 Å². The number of fused-ring (bicyclic) bond motifs is 2. The van der Waals surface area contributed by atoms with Crippen LogP contribution in [0, 0.1) is 0 Å². The van der Waals surface area contributed by atoms with Crippen LogP contribution in [-0.4, -0.2) is 40.4 Å². The molecule has 0 aromatic heterocycles. The minimum absolute atomic E-state index is 0.214. The zero-order valence-corrected chi connectivity index (χ0v) is 24.1. The zero-order chi connectivity index (χ0) is 24.8. The summed E-state index contributed by atoms with van der Waals surface area (Å²) in [6.07, 6.45) is 11.9. The number of esters is 1. The molecule has 0 spiro atoms. The van der Waals surface area contributed by atoms with Gasteiger partial charge in [0.2, 0.25) is 0 Å². The Morgan fingerprint density at radius 1 is 1.03 bits per heavy atom. The van der Waals surface area contributed by atoms with Gasteiger partial charge in [0.1, 0.15) is 12.2 Å². The maximum Gasteiger partial charge on any atom is 0.341 e. The minimum atomic E-state index is -2.02. The second kappa shape index (κ2) is 11.5. The van der Waals surface area contributed by atoms with E-state index in [-0.39, 0.29) is 18.2 Å². The Hall–Kier alpha value is -1.48. The van der Waals surface area contributed by atoms with Crippen molar-refractivity contribution in [2.45, 2.75) is 108 Å². The average Bonchev–Trinajstić information content (AvgIpc) is 3.05. The first kappa shape index (κ1) is 27.1. The van der Waals surface area contributed by atoms with E-state index in [4.69, 9.17) is 13.6 Å². The van der Waals surface area contributed by atoms with Gasteiger partial charge < -0.3 is 13.6 Å². The number of hydrogen-bond acceptors (Lipinski definition) is 4. The molecule has 0 unspecified atom stereocenters. The maximum atomic E-state index is 13.2. The van der Waals surface area contributed by atoms with Crippen LogP contribution in [0.5, 0.6) is 0 Å². The Balaban J connectivity index is 1.90. The summed E-state index contributed by atoms with van der Waals surface area (Å²) in [5, 5.41) is 0. The lowest BCUT2D eigenvalue weighted by Gasteiger charge is -2.38. The zero-order valence-electron chi connectivity index (χ0n) is 22.1. The second-order valence-electron chi connectivity index (χ2n) is 11.1. The molecular formula is C28H44O4Si2. The van der Waals surface area contributed by atoms with Gasteiger partial charge in [-0.15, -0.1) is 0 Å². The number of carbonyl (C=O) groups excluding carboxylic acids is 1. The molecule has 1 aliphatic carbocycles. The van der Waals surface area contributed by atoms with E-state index in [2.05, 4.69) is 82.5 Å². The Bertz CT molecular complexity index is 878. The van der Waals surface area contributed by atoms with Crippen LogP contribution in [0.4, 0.5) is 0 Å². The number of allylic oxidation sites excluding steroid dienone is 1. The molecule has 1 aromatic carbocycles. The molecule has 6 heteroatoms. The van der Waals surface area contributed by atoms with Crippen molar-refractivity contribution in [1.82, 2.24) is 0 Å². The van der Waals surface area contributed by atoms with Crippen molar-refractivity contribution in [1.29, 1.82) is 0 Å². The highest BCUT2D eigenvalue weighted by Crippen LogP contribution is 2.44. The Kier molecular flexibility index (Phi) is 9.18. The molecule has 1 saturated heterocycles. The van der Waals surface area contributed by atoms with Crippen molar-refractivity contribution in [3.05, 3.63) is 59.7 Å². The summed E-state index contributed by atoms with van der Waals surface area (Å²) >= 11 is 0. The van der Waals surface area contributed by atoms with Crippen LogP contribution < -0.4 is 0 Å². The van der Waals surface area contributed by atoms with E-state index in [9.17, 15) is 4.79 Å². The fourth-order valence-corrected chi connectivity index (χ4v) is 9.83. The van der Waals surface area contributed by atoms with Crippen LogP contribution in [0.1, 0.15) is 51.5 Å². The lowest BCUT2D eigenvalue weighted by Crippen LogP contribution is -2.50. The van der Waals surface area contributed by atoms with Crippen molar-refractivity contribution in [3.63, 3.8) is 0 Å². The molecular weight excluding hydrogens is 456 g/mol. The van der Waals surface area contributed by atoms with Gasteiger partial charge in [0.25, 0.3) is 0 Å². The standard InChI is InChI=1S/C28H44O4Si2/c1-7-9-19-33(3,4)31-26-24(18-14-17-23-15-12-11-13-16-23)21-28(22-25(26)30-27(28)29)32-34(5,6)20-10-8-2/h11-16,18,21,25-26H,7-10,17,19-20,22H2,1-6H3/t25-,26-,28+/m1/s1. The maximum absolute atomic E-state index is 13.2. The highest BCUT2D eigenvalue weighted by atomic mass is 28.4. The molecule has 2 aliphatic rings. The number of ether oxygens (including phenoxy) is 1. The van der Waals surface area contributed by atoms with Crippen LogP contribution in [0.25, 0.3) is 0 Å². The summed E-state index contributed by atoms with van der Waals surface area (Å²) in [6, 6.07) is 12.6. The Morgan fingerprint density at radius 2 is 1.68 bits per heavy atom. The van der Waals surface area contributed by atoms with Gasteiger partial charge in [-0.2, -0.15) is 0 Å². The van der Waals surface area contributed by atoms with Crippen LogP contribution >= 0.6 is 0 Å². The lowest BCUT2D eigenvalue weighted by molar-refractivity contribution is -0.151. The van der Waals surface area contributed by atoms with Crippen molar-refractivity contribution in [3.8, 4) is 0 Å². The van der Waals surface area contributed by atoms with Crippen LogP contribution in [0.15, 0.2) is 54.1 Å². The molecule has 3 atom stereocenters. The summed E-state index contributed by atoms with van der Waals surface area (Å²) in [5.74, 6) is -0.234. The summed E-state index contributed by atoms with van der Waals surface area (Å²) in [7, 11) is -3.93. The SMILES string of the molecule is CCCC[Si](C)(C)O[C@@H]1C(C=CCc2ccccc2)=C[C@]2(O[Si](C)(C)CCCC)C[C@H]1OC2=O. The molecule has 34 heavy (non-hydrogen) atoms. The van der Waals surface area contributed by atoms with Crippen molar-refractivity contribution in [2.24, 2.45) is 0 Å². The average molecular weight is 501 g/mol. The first-order chi connectivity index (χ1) is 16.1. The van der Waals surface area contributed by atoms with Crippen LogP contribution in [-0.2, 0) is 24.8 Å². The molecule has 4 nitrogen and oxygen atoms in total. The third-order valence-electron chi connectivity index (χ3n) is 6.85. The largest absolute Gasteiger partial charge is 0.457 e. The molecule has 1 aliphatic heterocycles. The predicted molar refractivity (Wildman–Crippen MR) is 145 cm³/mol. The van der Waals surface area contributed by atoms with Gasteiger partial charge >= 0.3 is 5.97 Å². The summed E-state index contributed by atoms with van der Waals surface area (Å²) < 4.78 is 19.5. The number of hydrogen-bond donors (Lipinski definition) is 0. The highest BCUT2D eigenvalue weighted by Gasteiger charge is 2.57. The molecule has 1 fully saturated rings. The van der Waals surface area contributed by atoms with Gasteiger partial charge in [0.15, 0.2) is 22.2 Å². The van der Waals surface area contributed by atoms with Crippen LogP contribution in [0.3, 0.4) is 0 Å². The van der Waals surface area contributed by atoms with E-state index in [1.54, 1.807) is 0 Å². The number of carbonyl (C=O) groups is 1. The summed E-state index contributed by atoms with van der Waals surface area (Å²) in [6.45, 7) is 13.4.